The maximum absolute atomic E-state index is 12.8. The van der Waals surface area contributed by atoms with Crippen LogP contribution < -0.4 is 4.90 Å². The summed E-state index contributed by atoms with van der Waals surface area (Å²) in [6.07, 6.45) is -3.26. The van der Waals surface area contributed by atoms with Gasteiger partial charge in [-0.2, -0.15) is 18.4 Å². The Balaban J connectivity index is 1.79. The van der Waals surface area contributed by atoms with Gasteiger partial charge in [0, 0.05) is 44.2 Å². The average Bonchev–Trinajstić information content (AvgIpc) is 2.72. The van der Waals surface area contributed by atoms with Gasteiger partial charge in [-0.25, -0.2) is 8.42 Å². The van der Waals surface area contributed by atoms with Gasteiger partial charge in [0.15, 0.2) is 9.84 Å². The first-order chi connectivity index (χ1) is 14.9. The molecule has 1 saturated heterocycles. The van der Waals surface area contributed by atoms with E-state index in [1.165, 1.54) is 18.2 Å². The third-order valence-electron chi connectivity index (χ3n) is 5.82. The minimum absolute atomic E-state index is 0.0192. The molecule has 0 saturated carbocycles. The molecule has 3 rings (SSSR count). The highest BCUT2D eigenvalue weighted by atomic mass is 32.2. The minimum atomic E-state index is -4.35. The Labute approximate surface area is 187 Å². The third-order valence-corrected chi connectivity index (χ3v) is 6.96. The molecular weight excluding hydrogens is 439 g/mol. The van der Waals surface area contributed by atoms with E-state index in [1.54, 1.807) is 12.1 Å². The molecule has 1 fully saturated rings. The van der Waals surface area contributed by atoms with Gasteiger partial charge in [-0.3, -0.25) is 4.90 Å². The molecule has 0 unspecified atom stereocenters. The molecule has 5 nitrogen and oxygen atoms in total. The van der Waals surface area contributed by atoms with Crippen molar-refractivity contribution in [3.8, 4) is 6.07 Å². The molecule has 9 heteroatoms. The summed E-state index contributed by atoms with van der Waals surface area (Å²) in [6.45, 7) is 6.68. The highest BCUT2D eigenvalue weighted by Crippen LogP contribution is 2.30. The molecule has 0 spiro atoms. The van der Waals surface area contributed by atoms with Crippen LogP contribution in [0.5, 0.6) is 0 Å². The van der Waals surface area contributed by atoms with E-state index in [0.717, 1.165) is 29.6 Å². The zero-order chi connectivity index (χ0) is 23.7. The van der Waals surface area contributed by atoms with Crippen LogP contribution in [0.25, 0.3) is 0 Å². The van der Waals surface area contributed by atoms with Crippen LogP contribution in [0, 0.1) is 17.2 Å². The van der Waals surface area contributed by atoms with Crippen molar-refractivity contribution in [2.45, 2.75) is 37.5 Å². The second-order valence-electron chi connectivity index (χ2n) is 8.49. The molecule has 1 atom stereocenters. The van der Waals surface area contributed by atoms with Crippen LogP contribution in [0.3, 0.4) is 0 Å². The molecule has 172 valence electrons. The second-order valence-corrected chi connectivity index (χ2v) is 10.5. The summed E-state index contributed by atoms with van der Waals surface area (Å²) in [4.78, 5) is 4.38. The average molecular weight is 466 g/mol. The summed E-state index contributed by atoms with van der Waals surface area (Å²) in [5.41, 5.74) is 1.02. The van der Waals surface area contributed by atoms with Gasteiger partial charge < -0.3 is 4.90 Å². The fourth-order valence-corrected chi connectivity index (χ4v) is 4.90. The molecule has 0 amide bonds. The zero-order valence-corrected chi connectivity index (χ0v) is 19.0. The zero-order valence-electron chi connectivity index (χ0n) is 18.2. The normalized spacial score (nSPS) is 18.1. The number of anilines is 1. The van der Waals surface area contributed by atoms with E-state index in [2.05, 4.69) is 23.6 Å². The number of piperazine rings is 1. The van der Waals surface area contributed by atoms with Crippen LogP contribution >= 0.6 is 0 Å². The van der Waals surface area contributed by atoms with Gasteiger partial charge in [0.05, 0.1) is 16.0 Å². The van der Waals surface area contributed by atoms with Gasteiger partial charge in [0.2, 0.25) is 0 Å². The molecule has 32 heavy (non-hydrogen) atoms. The lowest BCUT2D eigenvalue weighted by Crippen LogP contribution is -2.54. The predicted molar refractivity (Wildman–Crippen MR) is 117 cm³/mol. The Bertz CT molecular complexity index is 1110. The molecule has 0 N–H and O–H groups in total. The van der Waals surface area contributed by atoms with E-state index in [-0.39, 0.29) is 22.4 Å². The Morgan fingerprint density at radius 2 is 1.78 bits per heavy atom. The van der Waals surface area contributed by atoms with Crippen molar-refractivity contribution in [1.82, 2.24) is 4.90 Å². The minimum Gasteiger partial charge on any atom is -0.369 e. The largest absolute Gasteiger partial charge is 0.416 e. The lowest BCUT2D eigenvalue weighted by atomic mass is 9.98. The Morgan fingerprint density at radius 3 is 2.31 bits per heavy atom. The van der Waals surface area contributed by atoms with Crippen molar-refractivity contribution in [1.29, 1.82) is 5.26 Å². The number of hydrogen-bond acceptors (Lipinski definition) is 5. The number of sulfone groups is 1. The molecule has 1 aliphatic rings. The van der Waals surface area contributed by atoms with E-state index >= 15 is 0 Å². The summed E-state index contributed by atoms with van der Waals surface area (Å²) in [5, 5.41) is 9.24. The third kappa shape index (κ3) is 5.43. The highest BCUT2D eigenvalue weighted by molar-refractivity contribution is 7.90. The van der Waals surface area contributed by atoms with E-state index in [1.807, 2.05) is 6.07 Å². The van der Waals surface area contributed by atoms with Crippen LogP contribution in [-0.4, -0.2) is 45.2 Å². The molecule has 0 aromatic heterocycles. The number of benzene rings is 2. The van der Waals surface area contributed by atoms with E-state index < -0.39 is 21.6 Å². The monoisotopic (exact) mass is 465 g/mol. The Kier molecular flexibility index (Phi) is 6.86. The SMILES string of the molecule is CC(C)[C@H]1CN(c2ccc(C#N)c(S(C)(=O)=O)c2)CCN1Cc1ccc(C(F)(F)F)cc1. The van der Waals surface area contributed by atoms with Gasteiger partial charge in [0.25, 0.3) is 0 Å². The number of alkyl halides is 3. The summed E-state index contributed by atoms with van der Waals surface area (Å²) < 4.78 is 62.7. The Hall–Kier alpha value is -2.57. The summed E-state index contributed by atoms with van der Waals surface area (Å²) in [5.74, 6) is 0.278. The van der Waals surface area contributed by atoms with Crippen molar-refractivity contribution in [2.75, 3.05) is 30.8 Å². The van der Waals surface area contributed by atoms with Crippen LogP contribution in [0.4, 0.5) is 18.9 Å². The van der Waals surface area contributed by atoms with E-state index in [0.29, 0.717) is 26.2 Å². The van der Waals surface area contributed by atoms with Crippen LogP contribution in [-0.2, 0) is 22.6 Å². The second kappa shape index (κ2) is 9.12. The standard InChI is InChI=1S/C23H26F3N3O2S/c1-16(2)21-15-28(20-9-6-18(13-27)22(12-20)32(3,30)31)10-11-29(21)14-17-4-7-19(8-5-17)23(24,25)26/h4-9,12,16,21H,10-11,14-15H2,1-3H3/t21-/m1/s1. The molecule has 2 aromatic rings. The fourth-order valence-electron chi connectivity index (χ4n) is 4.05. The summed E-state index contributed by atoms with van der Waals surface area (Å²) >= 11 is 0. The van der Waals surface area contributed by atoms with Gasteiger partial charge >= 0.3 is 6.18 Å². The molecule has 1 heterocycles. The first kappa shape index (κ1) is 24.1. The van der Waals surface area contributed by atoms with Gasteiger partial charge in [-0.05, 0) is 41.8 Å². The van der Waals surface area contributed by atoms with Crippen molar-refractivity contribution in [2.24, 2.45) is 5.92 Å². The first-order valence-corrected chi connectivity index (χ1v) is 12.2. The van der Waals surface area contributed by atoms with Crippen molar-refractivity contribution < 1.29 is 21.6 Å². The predicted octanol–water partition coefficient (Wildman–Crippen LogP) is 4.33. The first-order valence-electron chi connectivity index (χ1n) is 10.3. The maximum Gasteiger partial charge on any atom is 0.416 e. The molecule has 0 aliphatic carbocycles. The maximum atomic E-state index is 12.8. The van der Waals surface area contributed by atoms with Crippen LogP contribution in [0.1, 0.15) is 30.5 Å². The summed E-state index contributed by atoms with van der Waals surface area (Å²) in [6, 6.07) is 12.2. The molecule has 2 aromatic carbocycles. The van der Waals surface area contributed by atoms with Crippen molar-refractivity contribution >= 4 is 15.5 Å². The van der Waals surface area contributed by atoms with E-state index in [4.69, 9.17) is 0 Å². The molecule has 0 bridgehead atoms. The number of halogens is 3. The lowest BCUT2D eigenvalue weighted by molar-refractivity contribution is -0.137. The molecular formula is C23H26F3N3O2S. The number of hydrogen-bond donors (Lipinski definition) is 0. The van der Waals surface area contributed by atoms with Crippen molar-refractivity contribution in [3.63, 3.8) is 0 Å². The fraction of sp³-hybridized carbons (Fsp3) is 0.435. The number of nitrogens with zero attached hydrogens (tertiary/aromatic N) is 3. The number of rotatable bonds is 5. The van der Waals surface area contributed by atoms with Gasteiger partial charge in [-0.1, -0.05) is 26.0 Å². The topological polar surface area (TPSA) is 64.4 Å². The van der Waals surface area contributed by atoms with Crippen LogP contribution in [0.2, 0.25) is 0 Å². The van der Waals surface area contributed by atoms with Gasteiger partial charge in [0.1, 0.15) is 6.07 Å². The summed E-state index contributed by atoms with van der Waals surface area (Å²) in [7, 11) is -3.54. The van der Waals surface area contributed by atoms with Gasteiger partial charge in [-0.15, -0.1) is 0 Å². The smallest absolute Gasteiger partial charge is 0.369 e. The quantitative estimate of drug-likeness (QED) is 0.658. The molecule has 0 radical (unpaired) electrons. The van der Waals surface area contributed by atoms with E-state index in [9.17, 15) is 26.9 Å². The molecule has 1 aliphatic heterocycles. The van der Waals surface area contributed by atoms with Crippen molar-refractivity contribution in [3.05, 3.63) is 59.2 Å². The Morgan fingerprint density at radius 1 is 1.12 bits per heavy atom. The number of nitriles is 1. The lowest BCUT2D eigenvalue weighted by Gasteiger charge is -2.44. The highest BCUT2D eigenvalue weighted by Gasteiger charge is 2.32. The van der Waals surface area contributed by atoms with Crippen LogP contribution in [0.15, 0.2) is 47.4 Å².